The van der Waals surface area contributed by atoms with Crippen molar-refractivity contribution in [2.24, 2.45) is 5.92 Å². The number of hydrogen-bond donors (Lipinski definition) is 1. The Balaban J connectivity index is 1.28. The highest BCUT2D eigenvalue weighted by Gasteiger charge is 2.26. The molecule has 1 N–H and O–H groups in total. The van der Waals surface area contributed by atoms with Gasteiger partial charge in [0.2, 0.25) is 17.6 Å². The maximum atomic E-state index is 12.7. The molecular formula is C25H27ClN4O4. The zero-order valence-electron chi connectivity index (χ0n) is 19.2. The third-order valence-corrected chi connectivity index (χ3v) is 6.11. The molecule has 0 radical (unpaired) electrons. The summed E-state index contributed by atoms with van der Waals surface area (Å²) in [5.74, 6) is 0.505. The fraction of sp³-hybridized carbons (Fsp3) is 0.360. The average Bonchev–Trinajstić information content (AvgIpc) is 3.28. The minimum Gasteiger partial charge on any atom is -0.462 e. The molecule has 9 heteroatoms. The minimum absolute atomic E-state index is 0.0564. The van der Waals surface area contributed by atoms with Crippen LogP contribution in [0.1, 0.15) is 41.6 Å². The Hall–Kier alpha value is -3.23. The van der Waals surface area contributed by atoms with E-state index in [2.05, 4.69) is 20.4 Å². The number of nitrogens with zero attached hydrogens (tertiary/aromatic N) is 3. The maximum Gasteiger partial charge on any atom is 0.339 e. The Kier molecular flexibility index (Phi) is 7.59. The second kappa shape index (κ2) is 10.8. The predicted molar refractivity (Wildman–Crippen MR) is 129 cm³/mol. The number of amides is 1. The zero-order chi connectivity index (χ0) is 24.1. The van der Waals surface area contributed by atoms with Crippen molar-refractivity contribution in [1.29, 1.82) is 0 Å². The van der Waals surface area contributed by atoms with Crippen LogP contribution in [0.15, 0.2) is 47.0 Å². The quantitative estimate of drug-likeness (QED) is 0.486. The first kappa shape index (κ1) is 23.9. The van der Waals surface area contributed by atoms with Gasteiger partial charge in [-0.3, -0.25) is 9.69 Å². The summed E-state index contributed by atoms with van der Waals surface area (Å²) in [7, 11) is 0. The fourth-order valence-electron chi connectivity index (χ4n) is 3.98. The Morgan fingerprint density at radius 2 is 2.00 bits per heavy atom. The lowest BCUT2D eigenvalue weighted by molar-refractivity contribution is -0.121. The fourth-order valence-corrected chi connectivity index (χ4v) is 4.23. The zero-order valence-corrected chi connectivity index (χ0v) is 20.0. The lowest BCUT2D eigenvalue weighted by Gasteiger charge is -2.30. The van der Waals surface area contributed by atoms with Gasteiger partial charge >= 0.3 is 5.97 Å². The molecule has 1 amide bonds. The van der Waals surface area contributed by atoms with Gasteiger partial charge < -0.3 is 14.6 Å². The van der Waals surface area contributed by atoms with Crippen LogP contribution < -0.4 is 5.32 Å². The summed E-state index contributed by atoms with van der Waals surface area (Å²) in [4.78, 5) is 31.4. The Morgan fingerprint density at radius 1 is 1.21 bits per heavy atom. The number of carbonyl (C=O) groups is 2. The number of rotatable bonds is 7. The number of hydrogen-bond acceptors (Lipinski definition) is 7. The van der Waals surface area contributed by atoms with Crippen LogP contribution in [0.3, 0.4) is 0 Å². The van der Waals surface area contributed by atoms with Crippen LogP contribution in [0.4, 0.5) is 5.69 Å². The molecule has 1 saturated heterocycles. The second-order valence-electron chi connectivity index (χ2n) is 8.34. The Labute approximate surface area is 203 Å². The second-order valence-corrected chi connectivity index (χ2v) is 8.74. The van der Waals surface area contributed by atoms with Gasteiger partial charge in [0.1, 0.15) is 0 Å². The van der Waals surface area contributed by atoms with E-state index in [1.807, 2.05) is 31.2 Å². The Morgan fingerprint density at radius 3 is 2.71 bits per heavy atom. The van der Waals surface area contributed by atoms with E-state index >= 15 is 0 Å². The Bertz CT molecular complexity index is 1170. The molecule has 1 aliphatic heterocycles. The number of ether oxygens (including phenoxy) is 1. The molecule has 2 heterocycles. The van der Waals surface area contributed by atoms with Crippen molar-refractivity contribution < 1.29 is 18.8 Å². The lowest BCUT2D eigenvalue weighted by atomic mass is 9.96. The van der Waals surface area contributed by atoms with E-state index in [0.717, 1.165) is 37.1 Å². The van der Waals surface area contributed by atoms with Gasteiger partial charge in [-0.1, -0.05) is 40.5 Å². The number of likely N-dealkylation sites (tertiary alicyclic amines) is 1. The first-order chi connectivity index (χ1) is 16.4. The van der Waals surface area contributed by atoms with E-state index < -0.39 is 5.97 Å². The normalized spacial score (nSPS) is 14.7. The third kappa shape index (κ3) is 5.81. The van der Waals surface area contributed by atoms with Gasteiger partial charge in [0.05, 0.1) is 23.7 Å². The van der Waals surface area contributed by atoms with Crippen molar-refractivity contribution in [2.45, 2.75) is 33.2 Å². The van der Waals surface area contributed by atoms with E-state index in [-0.39, 0.29) is 29.0 Å². The first-order valence-corrected chi connectivity index (χ1v) is 11.7. The molecule has 8 nitrogen and oxygen atoms in total. The minimum atomic E-state index is -0.481. The summed E-state index contributed by atoms with van der Waals surface area (Å²) < 4.78 is 10.4. The molecule has 2 aromatic carbocycles. The molecule has 1 fully saturated rings. The summed E-state index contributed by atoms with van der Waals surface area (Å²) >= 11 is 6.20. The van der Waals surface area contributed by atoms with Crippen LogP contribution in [-0.4, -0.2) is 46.6 Å². The number of nitrogens with one attached hydrogen (secondary N) is 1. The summed E-state index contributed by atoms with van der Waals surface area (Å²) in [6, 6.07) is 12.8. The number of aromatic nitrogens is 2. The molecule has 0 atom stereocenters. The molecule has 0 bridgehead atoms. The van der Waals surface area contributed by atoms with Crippen LogP contribution in [-0.2, 0) is 16.1 Å². The van der Waals surface area contributed by atoms with Crippen molar-refractivity contribution in [3.63, 3.8) is 0 Å². The smallest absolute Gasteiger partial charge is 0.339 e. The average molecular weight is 483 g/mol. The highest BCUT2D eigenvalue weighted by atomic mass is 35.5. The number of piperidine rings is 1. The lowest BCUT2D eigenvalue weighted by Crippen LogP contribution is -2.37. The molecular weight excluding hydrogens is 456 g/mol. The molecule has 34 heavy (non-hydrogen) atoms. The number of halogens is 1. The van der Waals surface area contributed by atoms with Crippen LogP contribution in [0.25, 0.3) is 11.4 Å². The number of carbonyl (C=O) groups excluding carboxylic acids is 2. The van der Waals surface area contributed by atoms with Crippen molar-refractivity contribution in [3.8, 4) is 11.4 Å². The monoisotopic (exact) mass is 482 g/mol. The van der Waals surface area contributed by atoms with Gasteiger partial charge in [0, 0.05) is 17.2 Å². The SMILES string of the molecule is CCOC(=O)c1ccc(NC(=O)C2CCN(Cc3nc(-c4cccc(C)c4)no3)CC2)cc1Cl. The molecule has 0 aliphatic carbocycles. The summed E-state index contributed by atoms with van der Waals surface area (Å²) in [6.07, 6.45) is 1.44. The number of benzene rings is 2. The van der Waals surface area contributed by atoms with Gasteiger partial charge in [0.25, 0.3) is 0 Å². The molecule has 178 valence electrons. The summed E-state index contributed by atoms with van der Waals surface area (Å²) in [5, 5.41) is 7.25. The van der Waals surface area contributed by atoms with Gasteiger partial charge in [-0.15, -0.1) is 0 Å². The first-order valence-electron chi connectivity index (χ1n) is 11.3. The summed E-state index contributed by atoms with van der Waals surface area (Å²) in [6.45, 7) is 6.09. The topological polar surface area (TPSA) is 97.6 Å². The molecule has 4 rings (SSSR count). The standard InChI is InChI=1S/C25H27ClN4O4/c1-3-33-25(32)20-8-7-19(14-21(20)26)27-24(31)17-9-11-30(12-10-17)15-22-28-23(29-34-22)18-6-4-5-16(2)13-18/h4-8,13-14,17H,3,9-12,15H2,1-2H3,(H,27,31). The van der Waals surface area contributed by atoms with E-state index in [1.165, 1.54) is 0 Å². The highest BCUT2D eigenvalue weighted by molar-refractivity contribution is 6.34. The van der Waals surface area contributed by atoms with E-state index in [4.69, 9.17) is 20.9 Å². The molecule has 1 aromatic heterocycles. The number of esters is 1. The van der Waals surface area contributed by atoms with Crippen molar-refractivity contribution in [3.05, 3.63) is 64.5 Å². The van der Waals surface area contributed by atoms with E-state index in [1.54, 1.807) is 25.1 Å². The van der Waals surface area contributed by atoms with Crippen LogP contribution in [0.2, 0.25) is 5.02 Å². The molecule has 0 saturated carbocycles. The summed E-state index contributed by atoms with van der Waals surface area (Å²) in [5.41, 5.74) is 2.91. The third-order valence-electron chi connectivity index (χ3n) is 5.79. The van der Waals surface area contributed by atoms with Crippen LogP contribution in [0, 0.1) is 12.8 Å². The highest BCUT2D eigenvalue weighted by Crippen LogP contribution is 2.25. The molecule has 1 aliphatic rings. The number of aryl methyl sites for hydroxylation is 1. The van der Waals surface area contributed by atoms with Crippen molar-refractivity contribution in [2.75, 3.05) is 25.0 Å². The van der Waals surface area contributed by atoms with Crippen molar-refractivity contribution >= 4 is 29.2 Å². The van der Waals surface area contributed by atoms with Gasteiger partial charge in [-0.2, -0.15) is 4.98 Å². The molecule has 3 aromatic rings. The molecule has 0 spiro atoms. The van der Waals surface area contributed by atoms with E-state index in [0.29, 0.717) is 23.9 Å². The van der Waals surface area contributed by atoms with E-state index in [9.17, 15) is 9.59 Å². The van der Waals surface area contributed by atoms with Gasteiger partial charge in [0.15, 0.2) is 0 Å². The van der Waals surface area contributed by atoms with Gasteiger partial charge in [-0.05, 0) is 64.0 Å². The predicted octanol–water partition coefficient (Wildman–Crippen LogP) is 4.73. The van der Waals surface area contributed by atoms with Crippen LogP contribution >= 0.6 is 11.6 Å². The largest absolute Gasteiger partial charge is 0.462 e. The number of anilines is 1. The molecule has 0 unspecified atom stereocenters. The van der Waals surface area contributed by atoms with Crippen LogP contribution in [0.5, 0.6) is 0 Å². The van der Waals surface area contributed by atoms with Crippen molar-refractivity contribution in [1.82, 2.24) is 15.0 Å². The maximum absolute atomic E-state index is 12.7. The van der Waals surface area contributed by atoms with Gasteiger partial charge in [-0.25, -0.2) is 4.79 Å².